The standard InChI is InChI=1S/C27H21F2N3O2/c1-27(16-32-26-20(27)12-19(14-31-26)18-8-5-11-30-13-18)25(33)23-21(28)9-10-22(24(23)29)34-15-17-6-3-2-4-7-17/h2-14H,15-16H2,1H3,(H,31,32). The van der Waals surface area contributed by atoms with Crippen molar-refractivity contribution in [1.29, 1.82) is 0 Å². The fourth-order valence-electron chi connectivity index (χ4n) is 4.14. The number of hydrogen-bond donors (Lipinski definition) is 1. The van der Waals surface area contributed by atoms with E-state index in [1.54, 1.807) is 31.6 Å². The fraction of sp³-hybridized carbons (Fsp3) is 0.148. The number of carbonyl (C=O) groups excluding carboxylic acids is 1. The van der Waals surface area contributed by atoms with E-state index in [1.807, 2.05) is 42.5 Å². The second kappa shape index (κ2) is 8.67. The maximum absolute atomic E-state index is 15.4. The summed E-state index contributed by atoms with van der Waals surface area (Å²) < 4.78 is 35.8. The molecule has 0 spiro atoms. The minimum atomic E-state index is -1.22. The highest BCUT2D eigenvalue weighted by atomic mass is 19.1. The Morgan fingerprint density at radius 3 is 2.65 bits per heavy atom. The Morgan fingerprint density at radius 2 is 1.88 bits per heavy atom. The summed E-state index contributed by atoms with van der Waals surface area (Å²) >= 11 is 0. The van der Waals surface area contributed by atoms with E-state index in [1.165, 1.54) is 6.07 Å². The summed E-state index contributed by atoms with van der Waals surface area (Å²) in [6, 6.07) is 17.0. The molecule has 4 aromatic rings. The largest absolute Gasteiger partial charge is 0.486 e. The Bertz CT molecular complexity index is 1360. The summed E-state index contributed by atoms with van der Waals surface area (Å²) in [6.07, 6.45) is 5.04. The van der Waals surface area contributed by atoms with Crippen LogP contribution in [0.2, 0.25) is 0 Å². The van der Waals surface area contributed by atoms with Crippen LogP contribution in [0.5, 0.6) is 5.75 Å². The molecule has 1 aliphatic heterocycles. The number of rotatable bonds is 6. The van der Waals surface area contributed by atoms with Crippen LogP contribution in [0.25, 0.3) is 11.1 Å². The summed E-state index contributed by atoms with van der Waals surface area (Å²) in [5, 5.41) is 3.10. The van der Waals surface area contributed by atoms with Gasteiger partial charge in [0.05, 0.1) is 11.0 Å². The lowest BCUT2D eigenvalue weighted by molar-refractivity contribution is 0.0899. The minimum Gasteiger partial charge on any atom is -0.486 e. The zero-order valence-corrected chi connectivity index (χ0v) is 18.4. The molecule has 1 unspecified atom stereocenters. The number of carbonyl (C=O) groups is 1. The highest BCUT2D eigenvalue weighted by Crippen LogP contribution is 2.41. The number of anilines is 1. The molecule has 2 aromatic carbocycles. The molecule has 0 radical (unpaired) electrons. The van der Waals surface area contributed by atoms with Crippen molar-refractivity contribution < 1.29 is 18.3 Å². The number of fused-ring (bicyclic) bond motifs is 1. The molecule has 34 heavy (non-hydrogen) atoms. The van der Waals surface area contributed by atoms with Gasteiger partial charge in [0.15, 0.2) is 17.3 Å². The van der Waals surface area contributed by atoms with Gasteiger partial charge in [-0.2, -0.15) is 0 Å². The first-order chi connectivity index (χ1) is 16.5. The van der Waals surface area contributed by atoms with E-state index >= 15 is 4.39 Å². The van der Waals surface area contributed by atoms with E-state index in [-0.39, 0.29) is 18.9 Å². The van der Waals surface area contributed by atoms with Gasteiger partial charge in [0.1, 0.15) is 18.2 Å². The third kappa shape index (κ3) is 3.79. The lowest BCUT2D eigenvalue weighted by Gasteiger charge is -2.24. The van der Waals surface area contributed by atoms with Crippen LogP contribution in [0, 0.1) is 11.6 Å². The summed E-state index contributed by atoms with van der Waals surface area (Å²) in [5.41, 5.74) is 1.15. The number of ether oxygens (including phenoxy) is 1. The molecule has 170 valence electrons. The average Bonchev–Trinajstić information content (AvgIpc) is 3.22. The summed E-state index contributed by atoms with van der Waals surface area (Å²) in [5.74, 6) is -2.27. The third-order valence-corrected chi connectivity index (χ3v) is 6.11. The third-order valence-electron chi connectivity index (χ3n) is 6.11. The Kier molecular flexibility index (Phi) is 5.53. The van der Waals surface area contributed by atoms with Gasteiger partial charge in [-0.15, -0.1) is 0 Å². The molecule has 1 aliphatic rings. The first-order valence-electron chi connectivity index (χ1n) is 10.8. The highest BCUT2D eigenvalue weighted by Gasteiger charge is 2.45. The van der Waals surface area contributed by atoms with Crippen molar-refractivity contribution in [2.75, 3.05) is 11.9 Å². The second-order valence-electron chi connectivity index (χ2n) is 8.39. The molecule has 0 saturated heterocycles. The van der Waals surface area contributed by atoms with Gasteiger partial charge >= 0.3 is 0 Å². The normalized spacial score (nSPS) is 16.6. The molecule has 7 heteroatoms. The molecule has 0 amide bonds. The summed E-state index contributed by atoms with van der Waals surface area (Å²) in [6.45, 7) is 1.93. The van der Waals surface area contributed by atoms with Crippen molar-refractivity contribution in [1.82, 2.24) is 9.97 Å². The van der Waals surface area contributed by atoms with Gasteiger partial charge in [0.25, 0.3) is 0 Å². The van der Waals surface area contributed by atoms with Crippen LogP contribution >= 0.6 is 0 Å². The molecule has 0 saturated carbocycles. The van der Waals surface area contributed by atoms with Gasteiger partial charge in [0.2, 0.25) is 0 Å². The lowest BCUT2D eigenvalue weighted by atomic mass is 9.77. The Hall–Kier alpha value is -4.13. The zero-order chi connectivity index (χ0) is 23.7. The number of aromatic nitrogens is 2. The van der Waals surface area contributed by atoms with Crippen LogP contribution in [-0.4, -0.2) is 22.3 Å². The Labute approximate surface area is 195 Å². The zero-order valence-electron chi connectivity index (χ0n) is 18.4. The van der Waals surface area contributed by atoms with Crippen molar-refractivity contribution in [3.63, 3.8) is 0 Å². The van der Waals surface area contributed by atoms with Gasteiger partial charge in [-0.1, -0.05) is 36.4 Å². The van der Waals surface area contributed by atoms with Crippen molar-refractivity contribution in [3.05, 3.63) is 108 Å². The Balaban J connectivity index is 1.50. The van der Waals surface area contributed by atoms with Crippen LogP contribution in [0.4, 0.5) is 14.6 Å². The monoisotopic (exact) mass is 457 g/mol. The quantitative estimate of drug-likeness (QED) is 0.384. The van der Waals surface area contributed by atoms with E-state index in [2.05, 4.69) is 15.3 Å². The number of hydrogen-bond acceptors (Lipinski definition) is 5. The fourth-order valence-corrected chi connectivity index (χ4v) is 4.14. The van der Waals surface area contributed by atoms with Gasteiger partial charge < -0.3 is 10.1 Å². The van der Waals surface area contributed by atoms with Gasteiger partial charge in [-0.3, -0.25) is 9.78 Å². The SMILES string of the molecule is CC1(C(=O)c2c(F)ccc(OCc3ccccc3)c2F)CNc2ncc(-c3cccnc3)cc21. The van der Waals surface area contributed by atoms with Crippen LogP contribution in [0.1, 0.15) is 28.4 Å². The molecule has 0 fully saturated rings. The first-order valence-corrected chi connectivity index (χ1v) is 10.8. The molecular formula is C27H21F2N3O2. The number of nitrogens with zero attached hydrogens (tertiary/aromatic N) is 2. The maximum atomic E-state index is 15.4. The first kappa shape index (κ1) is 21.7. The number of pyridine rings is 2. The van der Waals surface area contributed by atoms with Crippen LogP contribution in [0.3, 0.4) is 0 Å². The van der Waals surface area contributed by atoms with E-state index < -0.39 is 28.4 Å². The van der Waals surface area contributed by atoms with Crippen LogP contribution in [-0.2, 0) is 12.0 Å². The molecule has 2 aromatic heterocycles. The molecule has 0 bridgehead atoms. The summed E-state index contributed by atoms with van der Waals surface area (Å²) in [4.78, 5) is 22.2. The molecule has 1 N–H and O–H groups in total. The number of halogens is 2. The molecule has 5 rings (SSSR count). The number of Topliss-reactive ketones (excluding diaryl/α,β-unsaturated/α-hetero) is 1. The number of nitrogens with one attached hydrogen (secondary N) is 1. The van der Waals surface area contributed by atoms with E-state index in [9.17, 15) is 9.18 Å². The second-order valence-corrected chi connectivity index (χ2v) is 8.39. The topological polar surface area (TPSA) is 64.1 Å². The smallest absolute Gasteiger partial charge is 0.181 e. The molecule has 5 nitrogen and oxygen atoms in total. The molecule has 0 aliphatic carbocycles. The lowest BCUT2D eigenvalue weighted by Crippen LogP contribution is -2.36. The van der Waals surface area contributed by atoms with E-state index in [4.69, 9.17) is 4.74 Å². The van der Waals surface area contributed by atoms with Gasteiger partial charge in [-0.05, 0) is 36.8 Å². The summed E-state index contributed by atoms with van der Waals surface area (Å²) in [7, 11) is 0. The maximum Gasteiger partial charge on any atom is 0.181 e. The molecule has 3 heterocycles. The van der Waals surface area contributed by atoms with Crippen molar-refractivity contribution >= 4 is 11.6 Å². The van der Waals surface area contributed by atoms with Crippen molar-refractivity contribution in [3.8, 4) is 16.9 Å². The van der Waals surface area contributed by atoms with Crippen LogP contribution in [0.15, 0.2) is 79.3 Å². The van der Waals surface area contributed by atoms with E-state index in [0.717, 1.165) is 22.8 Å². The van der Waals surface area contributed by atoms with E-state index in [0.29, 0.717) is 11.4 Å². The Morgan fingerprint density at radius 1 is 1.06 bits per heavy atom. The average molecular weight is 457 g/mol. The van der Waals surface area contributed by atoms with Gasteiger partial charge in [-0.25, -0.2) is 13.8 Å². The predicted molar refractivity (Wildman–Crippen MR) is 125 cm³/mol. The predicted octanol–water partition coefficient (Wildman–Crippen LogP) is 5.57. The number of benzene rings is 2. The van der Waals surface area contributed by atoms with Crippen molar-refractivity contribution in [2.45, 2.75) is 18.9 Å². The number of ketones is 1. The minimum absolute atomic E-state index is 0.0943. The molecular weight excluding hydrogens is 436 g/mol. The van der Waals surface area contributed by atoms with Crippen molar-refractivity contribution in [2.24, 2.45) is 0 Å². The molecule has 1 atom stereocenters. The highest BCUT2D eigenvalue weighted by molar-refractivity contribution is 6.06. The van der Waals surface area contributed by atoms with Gasteiger partial charge in [0, 0.05) is 41.8 Å². The van der Waals surface area contributed by atoms with Crippen LogP contribution < -0.4 is 10.1 Å².